The number of aromatic nitrogens is 3. The Morgan fingerprint density at radius 3 is 1.61 bits per heavy atom. The van der Waals surface area contributed by atoms with E-state index in [1.807, 2.05) is 0 Å². The van der Waals surface area contributed by atoms with Crippen LogP contribution in [0.4, 0.5) is 5.95 Å². The van der Waals surface area contributed by atoms with Crippen molar-refractivity contribution in [2.24, 2.45) is 23.7 Å². The second-order valence-corrected chi connectivity index (χ2v) is 19.7. The predicted octanol–water partition coefficient (Wildman–Crippen LogP) is 7.70. The van der Waals surface area contributed by atoms with Gasteiger partial charge in [0.2, 0.25) is 5.95 Å². The third-order valence-corrected chi connectivity index (χ3v) is 13.5. The predicted molar refractivity (Wildman–Crippen MR) is 204 cm³/mol. The van der Waals surface area contributed by atoms with Gasteiger partial charge in [-0.2, -0.15) is 10.1 Å². The Morgan fingerprint density at radius 1 is 0.667 bits per heavy atom. The molecule has 0 bridgehead atoms. The lowest BCUT2D eigenvalue weighted by molar-refractivity contribution is -0.318. The van der Waals surface area contributed by atoms with Gasteiger partial charge in [0, 0.05) is 40.8 Å². The van der Waals surface area contributed by atoms with E-state index in [0.29, 0.717) is 48.4 Å². The van der Waals surface area contributed by atoms with Crippen LogP contribution in [0.15, 0.2) is 12.7 Å². The molecule has 4 unspecified atom stereocenters. The summed E-state index contributed by atoms with van der Waals surface area (Å²) in [6.07, 6.45) is 23.0. The van der Waals surface area contributed by atoms with Crippen molar-refractivity contribution in [1.82, 2.24) is 30.4 Å². The van der Waals surface area contributed by atoms with Gasteiger partial charge in [0.1, 0.15) is 12.7 Å². The molecule has 51 heavy (non-hydrogen) atoms. The van der Waals surface area contributed by atoms with E-state index in [2.05, 4.69) is 91.1 Å². The largest absolute Gasteiger partial charge is 0.395 e. The van der Waals surface area contributed by atoms with E-state index in [1.165, 1.54) is 70.6 Å². The highest BCUT2D eigenvalue weighted by Gasteiger charge is 2.55. The molecule has 3 heterocycles. The number of hydrogen-bond acceptors (Lipinski definition) is 10. The summed E-state index contributed by atoms with van der Waals surface area (Å²) in [4.78, 5) is 27.1. The monoisotopic (exact) mass is 712 g/mol. The van der Waals surface area contributed by atoms with Gasteiger partial charge in [0.05, 0.1) is 18.8 Å². The van der Waals surface area contributed by atoms with Gasteiger partial charge in [0.25, 0.3) is 0 Å². The van der Waals surface area contributed by atoms with E-state index in [1.54, 1.807) is 12.7 Å². The van der Waals surface area contributed by atoms with Crippen LogP contribution in [0, 0.1) is 23.7 Å². The van der Waals surface area contributed by atoms with Crippen LogP contribution in [0.1, 0.15) is 158 Å². The second kappa shape index (κ2) is 16.1. The highest BCUT2D eigenvalue weighted by Crippen LogP contribution is 2.53. The first-order valence-corrected chi connectivity index (χ1v) is 20.9. The van der Waals surface area contributed by atoms with Gasteiger partial charge in [-0.25, -0.2) is 15.0 Å². The molecule has 3 N–H and O–H groups in total. The quantitative estimate of drug-likeness (QED) is 0.211. The normalized spacial score (nSPS) is 32.9. The molecule has 290 valence electrons. The van der Waals surface area contributed by atoms with Crippen LogP contribution in [-0.2, 0) is 9.68 Å². The molecule has 1 aromatic heterocycles. The van der Waals surface area contributed by atoms with Crippen molar-refractivity contribution < 1.29 is 14.8 Å². The van der Waals surface area contributed by atoms with E-state index in [4.69, 9.17) is 9.68 Å². The third-order valence-electron chi connectivity index (χ3n) is 13.5. The van der Waals surface area contributed by atoms with Gasteiger partial charge in [0.15, 0.2) is 0 Å². The van der Waals surface area contributed by atoms with Crippen molar-refractivity contribution in [3.05, 3.63) is 12.7 Å². The molecule has 0 amide bonds. The summed E-state index contributed by atoms with van der Waals surface area (Å²) < 4.78 is 0. The Kier molecular flexibility index (Phi) is 12.4. The van der Waals surface area contributed by atoms with Gasteiger partial charge < -0.3 is 15.7 Å². The number of piperidine rings is 2. The van der Waals surface area contributed by atoms with Gasteiger partial charge in [-0.15, -0.1) is 0 Å². The minimum Gasteiger partial charge on any atom is -0.395 e. The maximum Gasteiger partial charge on any atom is 0.225 e. The Morgan fingerprint density at radius 2 is 1.14 bits per heavy atom. The molecule has 2 saturated heterocycles. The van der Waals surface area contributed by atoms with Crippen molar-refractivity contribution >= 4 is 5.95 Å². The average molecular weight is 712 g/mol. The zero-order valence-corrected chi connectivity index (χ0v) is 33.5. The highest BCUT2D eigenvalue weighted by molar-refractivity contribution is 5.26. The Labute approximate surface area is 309 Å². The molecule has 3 aliphatic carbocycles. The Balaban J connectivity index is 1.28. The SMILES string of the molecule is CC1(C)CC(C2CC(NCCO)C(Nc3ncncn3)C(C3CC(C)(C)N(OC4CCCCC4)C(C)(C)C3)C2)CC(C)(C)N1OC1CCCCC1. The van der Waals surface area contributed by atoms with Gasteiger partial charge in [-0.3, -0.25) is 9.68 Å². The lowest BCUT2D eigenvalue weighted by Crippen LogP contribution is -2.65. The topological polar surface area (TPSA) is 108 Å². The van der Waals surface area contributed by atoms with Crippen LogP contribution in [0.5, 0.6) is 0 Å². The summed E-state index contributed by atoms with van der Waals surface area (Å²) in [6, 6.07) is 0.316. The van der Waals surface area contributed by atoms with Crippen LogP contribution in [0.3, 0.4) is 0 Å². The first kappa shape index (κ1) is 39.3. The Hall–Kier alpha value is -1.43. The lowest BCUT2D eigenvalue weighted by atomic mass is 9.58. The zero-order chi connectivity index (χ0) is 36.4. The fourth-order valence-electron chi connectivity index (χ4n) is 11.9. The molecule has 0 spiro atoms. The summed E-state index contributed by atoms with van der Waals surface area (Å²) in [6.45, 7) is 20.0. The van der Waals surface area contributed by atoms with Crippen LogP contribution < -0.4 is 10.6 Å². The molecule has 5 fully saturated rings. The summed E-state index contributed by atoms with van der Waals surface area (Å²) in [5.74, 6) is 2.66. The van der Waals surface area contributed by atoms with Crippen LogP contribution in [-0.4, -0.2) is 89.8 Å². The maximum atomic E-state index is 10.0. The Bertz CT molecular complexity index is 1200. The highest BCUT2D eigenvalue weighted by atomic mass is 16.7. The van der Waals surface area contributed by atoms with Crippen molar-refractivity contribution in [2.45, 2.75) is 205 Å². The van der Waals surface area contributed by atoms with Crippen LogP contribution in [0.25, 0.3) is 0 Å². The van der Waals surface area contributed by atoms with Crippen molar-refractivity contribution in [2.75, 3.05) is 18.5 Å². The fourth-order valence-corrected chi connectivity index (χ4v) is 11.9. The number of rotatable bonds is 11. The molecule has 2 aliphatic heterocycles. The van der Waals surface area contributed by atoms with Gasteiger partial charge >= 0.3 is 0 Å². The van der Waals surface area contributed by atoms with Crippen LogP contribution in [0.2, 0.25) is 0 Å². The first-order chi connectivity index (χ1) is 24.2. The molecule has 5 aliphatic rings. The number of nitrogens with one attached hydrogen (secondary N) is 2. The zero-order valence-electron chi connectivity index (χ0n) is 33.5. The van der Waals surface area contributed by atoms with Gasteiger partial charge in [-0.1, -0.05) is 38.5 Å². The van der Waals surface area contributed by atoms with Crippen molar-refractivity contribution in [1.29, 1.82) is 0 Å². The standard InChI is InChI=1S/C41H73N7O3/c1-38(2)23-30(24-39(3,4)47(38)50-32-15-11-9-12-16-32)29-21-34(36(35(22-29)43-19-20-49)46-37-44-27-42-28-45-37)31-25-40(5,6)48(41(7,8)26-31)51-33-17-13-10-14-18-33/h27-36,43,49H,9-26H2,1-8H3,(H,42,44,45,46). The number of anilines is 1. The molecule has 10 nitrogen and oxygen atoms in total. The van der Waals surface area contributed by atoms with E-state index < -0.39 is 0 Å². The second-order valence-electron chi connectivity index (χ2n) is 19.7. The molecular formula is C41H73N7O3. The molecule has 3 saturated carbocycles. The number of aliphatic hydroxyl groups excluding tert-OH is 1. The number of aliphatic hydroxyl groups is 1. The van der Waals surface area contributed by atoms with E-state index in [-0.39, 0.29) is 40.8 Å². The van der Waals surface area contributed by atoms with E-state index >= 15 is 0 Å². The molecule has 0 aromatic carbocycles. The molecule has 1 aromatic rings. The van der Waals surface area contributed by atoms with E-state index in [9.17, 15) is 5.11 Å². The molecule has 0 radical (unpaired) electrons. The summed E-state index contributed by atoms with van der Waals surface area (Å²) in [5, 5.41) is 22.6. The summed E-state index contributed by atoms with van der Waals surface area (Å²) in [5.41, 5.74) is -0.319. The molecule has 10 heteroatoms. The summed E-state index contributed by atoms with van der Waals surface area (Å²) in [7, 11) is 0. The van der Waals surface area contributed by atoms with Crippen LogP contribution >= 0.6 is 0 Å². The van der Waals surface area contributed by atoms with E-state index in [0.717, 1.165) is 32.1 Å². The minimum absolute atomic E-state index is 0.0564. The van der Waals surface area contributed by atoms with Crippen molar-refractivity contribution in [3.63, 3.8) is 0 Å². The van der Waals surface area contributed by atoms with Crippen molar-refractivity contribution in [3.8, 4) is 0 Å². The third kappa shape index (κ3) is 9.27. The average Bonchev–Trinajstić information content (AvgIpc) is 3.08. The van der Waals surface area contributed by atoms with Gasteiger partial charge in [-0.05, 0) is 143 Å². The fraction of sp³-hybridized carbons (Fsp3) is 0.927. The summed E-state index contributed by atoms with van der Waals surface area (Å²) >= 11 is 0. The first-order valence-electron chi connectivity index (χ1n) is 20.9. The lowest BCUT2D eigenvalue weighted by Gasteiger charge is -2.59. The molecule has 4 atom stereocenters. The maximum absolute atomic E-state index is 10.0. The number of nitrogens with zero attached hydrogens (tertiary/aromatic N) is 5. The number of hydrogen-bond donors (Lipinski definition) is 3. The smallest absolute Gasteiger partial charge is 0.225 e. The molecular weight excluding hydrogens is 638 g/mol. The molecule has 6 rings (SSSR count). The number of hydroxylamine groups is 4. The minimum atomic E-state index is -0.103.